The van der Waals surface area contributed by atoms with Crippen LogP contribution in [0, 0.1) is 17.8 Å². The molecule has 0 saturated carbocycles. The van der Waals surface area contributed by atoms with E-state index in [1.165, 1.54) is 77.0 Å². The standard InChI is InChI=1S/C65H122O17P2/c1-8-9-10-11-12-13-14-15-16-17-18-19-24-34-41-48-64(69)81-60(52-75-62(67)46-39-32-23-21-20-22-29-36-43-56(2)3)54-79-83(71,72)77-50-59(66)51-78-84(73,74)80-55-61(82-65(70)49-42-35-28-26-31-38-45-58(6)7)53-76-63(68)47-40-33-27-25-30-37-44-57(4)5/h13-16,56-61,66H,8-12,17-55H2,1-7H3,(H,71,72)(H,73,74)/b14-13-,16-15-/t59-,60-,61-/m1/s1. The summed E-state index contributed by atoms with van der Waals surface area (Å²) >= 11 is 0. The van der Waals surface area contributed by atoms with Crippen LogP contribution in [0.4, 0.5) is 0 Å². The highest BCUT2D eigenvalue weighted by atomic mass is 31.2. The van der Waals surface area contributed by atoms with Crippen LogP contribution in [0.5, 0.6) is 0 Å². The molecule has 19 heteroatoms. The molecule has 0 heterocycles. The molecule has 0 fully saturated rings. The number of aliphatic hydroxyl groups excluding tert-OH is 1. The molecule has 494 valence electrons. The smallest absolute Gasteiger partial charge is 0.462 e. The lowest BCUT2D eigenvalue weighted by Gasteiger charge is -2.21. The van der Waals surface area contributed by atoms with E-state index < -0.39 is 97.5 Å². The van der Waals surface area contributed by atoms with Gasteiger partial charge in [0, 0.05) is 25.7 Å². The molecule has 0 radical (unpaired) electrons. The maximum absolute atomic E-state index is 13.0. The monoisotopic (exact) mass is 1240 g/mol. The Morgan fingerprint density at radius 2 is 0.643 bits per heavy atom. The first-order valence-electron chi connectivity index (χ1n) is 33.2. The number of aliphatic hydroxyl groups is 1. The van der Waals surface area contributed by atoms with Crippen molar-refractivity contribution >= 4 is 39.5 Å². The number of allylic oxidation sites excluding steroid dienone is 4. The van der Waals surface area contributed by atoms with E-state index in [4.69, 9.17) is 37.0 Å². The number of carbonyl (C=O) groups excluding carboxylic acids is 4. The molecular weight excluding hydrogens is 1110 g/mol. The van der Waals surface area contributed by atoms with Gasteiger partial charge in [0.15, 0.2) is 12.2 Å². The average molecular weight is 1240 g/mol. The average Bonchev–Trinajstić information content (AvgIpc) is 3.44. The topological polar surface area (TPSA) is 237 Å². The molecule has 0 aromatic carbocycles. The van der Waals surface area contributed by atoms with E-state index in [1.807, 2.05) is 0 Å². The molecule has 0 saturated heterocycles. The van der Waals surface area contributed by atoms with E-state index in [1.54, 1.807) is 0 Å². The second-order valence-corrected chi connectivity index (χ2v) is 27.2. The molecule has 0 aromatic heterocycles. The van der Waals surface area contributed by atoms with Gasteiger partial charge in [-0.25, -0.2) is 9.13 Å². The first-order valence-corrected chi connectivity index (χ1v) is 36.2. The van der Waals surface area contributed by atoms with Crippen molar-refractivity contribution in [1.82, 2.24) is 0 Å². The summed E-state index contributed by atoms with van der Waals surface area (Å²) in [7, 11) is -9.90. The van der Waals surface area contributed by atoms with Gasteiger partial charge in [-0.05, 0) is 69.1 Å². The predicted molar refractivity (Wildman–Crippen MR) is 335 cm³/mol. The maximum atomic E-state index is 13.0. The van der Waals surface area contributed by atoms with Gasteiger partial charge in [0.25, 0.3) is 0 Å². The Labute approximate surface area is 510 Å². The number of esters is 4. The first kappa shape index (κ1) is 81.5. The van der Waals surface area contributed by atoms with E-state index in [0.717, 1.165) is 121 Å². The van der Waals surface area contributed by atoms with Crippen molar-refractivity contribution in [2.45, 2.75) is 311 Å². The third-order valence-electron chi connectivity index (χ3n) is 14.3. The minimum Gasteiger partial charge on any atom is -0.462 e. The molecular formula is C65H122O17P2. The van der Waals surface area contributed by atoms with Crippen LogP contribution >= 0.6 is 15.6 Å². The van der Waals surface area contributed by atoms with Crippen LogP contribution in [0.3, 0.4) is 0 Å². The zero-order chi connectivity index (χ0) is 62.4. The van der Waals surface area contributed by atoms with Crippen LogP contribution in [0.2, 0.25) is 0 Å². The Kier molecular flexibility index (Phi) is 54.2. The van der Waals surface area contributed by atoms with Crippen LogP contribution in [0.25, 0.3) is 0 Å². The first-order chi connectivity index (χ1) is 40.2. The quantitative estimate of drug-likeness (QED) is 0.0169. The van der Waals surface area contributed by atoms with Crippen LogP contribution in [-0.4, -0.2) is 96.7 Å². The molecule has 84 heavy (non-hydrogen) atoms. The van der Waals surface area contributed by atoms with Gasteiger partial charge in [-0.3, -0.25) is 37.3 Å². The number of unbranched alkanes of at least 4 members (excludes halogenated alkanes) is 26. The van der Waals surface area contributed by atoms with Crippen molar-refractivity contribution in [3.05, 3.63) is 24.3 Å². The highest BCUT2D eigenvalue weighted by Gasteiger charge is 2.30. The van der Waals surface area contributed by atoms with Crippen molar-refractivity contribution in [2.75, 3.05) is 39.6 Å². The van der Waals surface area contributed by atoms with E-state index >= 15 is 0 Å². The maximum Gasteiger partial charge on any atom is 0.472 e. The Balaban J connectivity index is 5.27. The number of phosphoric acid groups is 2. The van der Waals surface area contributed by atoms with Gasteiger partial charge < -0.3 is 33.8 Å². The lowest BCUT2D eigenvalue weighted by molar-refractivity contribution is -0.161. The van der Waals surface area contributed by atoms with Crippen molar-refractivity contribution in [2.24, 2.45) is 17.8 Å². The molecule has 0 aliphatic heterocycles. The van der Waals surface area contributed by atoms with E-state index in [0.29, 0.717) is 37.5 Å². The zero-order valence-electron chi connectivity index (χ0n) is 53.8. The fourth-order valence-corrected chi connectivity index (χ4v) is 10.7. The summed E-state index contributed by atoms with van der Waals surface area (Å²) in [5.41, 5.74) is 0. The predicted octanol–water partition coefficient (Wildman–Crippen LogP) is 17.4. The normalized spacial score (nSPS) is 14.5. The van der Waals surface area contributed by atoms with E-state index in [9.17, 15) is 43.2 Å². The van der Waals surface area contributed by atoms with Crippen molar-refractivity contribution in [3.63, 3.8) is 0 Å². The van der Waals surface area contributed by atoms with Crippen molar-refractivity contribution in [1.29, 1.82) is 0 Å². The van der Waals surface area contributed by atoms with Crippen molar-refractivity contribution < 1.29 is 80.2 Å². The highest BCUT2D eigenvalue weighted by molar-refractivity contribution is 7.47. The molecule has 5 atom stereocenters. The largest absolute Gasteiger partial charge is 0.472 e. The molecule has 0 bridgehead atoms. The van der Waals surface area contributed by atoms with Crippen LogP contribution in [-0.2, 0) is 65.4 Å². The highest BCUT2D eigenvalue weighted by Crippen LogP contribution is 2.45. The van der Waals surface area contributed by atoms with Crippen LogP contribution in [0.1, 0.15) is 292 Å². The fraction of sp³-hybridized carbons (Fsp3) is 0.877. The Morgan fingerprint density at radius 1 is 0.369 bits per heavy atom. The Hall–Kier alpha value is -2.46. The van der Waals surface area contributed by atoms with Gasteiger partial charge in [0.2, 0.25) is 0 Å². The molecule has 17 nitrogen and oxygen atoms in total. The second-order valence-electron chi connectivity index (χ2n) is 24.2. The third kappa shape index (κ3) is 58.6. The van der Waals surface area contributed by atoms with E-state index in [2.05, 4.69) is 72.8 Å². The third-order valence-corrected chi connectivity index (χ3v) is 16.2. The minimum absolute atomic E-state index is 0.0836. The minimum atomic E-state index is -4.95. The summed E-state index contributed by atoms with van der Waals surface area (Å²) in [6, 6.07) is 0. The lowest BCUT2D eigenvalue weighted by atomic mass is 10.0. The molecule has 2 unspecified atom stereocenters. The molecule has 0 rings (SSSR count). The summed E-state index contributed by atoms with van der Waals surface area (Å²) in [5.74, 6) is -0.103. The Bertz CT molecular complexity index is 1760. The SMILES string of the molecule is CCCCCC/C=C\C=C/CCCCCCCC(=O)O[C@H](COC(=O)CCCCCCCCCCC(C)C)COP(=O)(O)OC[C@@H](O)COP(=O)(O)OC[C@@H](COC(=O)CCCCCCCCC(C)C)OC(=O)CCCCCCCCC(C)C. The fourth-order valence-electron chi connectivity index (χ4n) is 9.12. The molecule has 0 aromatic rings. The summed E-state index contributed by atoms with van der Waals surface area (Å²) in [6.07, 6.45) is 40.2. The lowest BCUT2D eigenvalue weighted by Crippen LogP contribution is -2.30. The van der Waals surface area contributed by atoms with Gasteiger partial charge in [-0.1, -0.05) is 240 Å². The molecule has 3 N–H and O–H groups in total. The van der Waals surface area contributed by atoms with E-state index in [-0.39, 0.29) is 25.7 Å². The summed E-state index contributed by atoms with van der Waals surface area (Å²) in [4.78, 5) is 72.2. The number of carbonyl (C=O) groups is 4. The number of hydrogen-bond donors (Lipinski definition) is 3. The van der Waals surface area contributed by atoms with Crippen LogP contribution in [0.15, 0.2) is 24.3 Å². The zero-order valence-corrected chi connectivity index (χ0v) is 55.6. The molecule has 0 aliphatic rings. The Morgan fingerprint density at radius 3 is 0.964 bits per heavy atom. The number of hydrogen-bond acceptors (Lipinski definition) is 15. The molecule has 0 aliphatic carbocycles. The second kappa shape index (κ2) is 55.8. The van der Waals surface area contributed by atoms with Gasteiger partial charge in [0.05, 0.1) is 26.4 Å². The van der Waals surface area contributed by atoms with Gasteiger partial charge >= 0.3 is 39.5 Å². The molecule has 0 amide bonds. The summed E-state index contributed by atoms with van der Waals surface area (Å²) in [5, 5.41) is 10.5. The van der Waals surface area contributed by atoms with Gasteiger partial charge in [-0.15, -0.1) is 0 Å². The van der Waals surface area contributed by atoms with Crippen molar-refractivity contribution in [3.8, 4) is 0 Å². The number of rotatable bonds is 61. The summed E-state index contributed by atoms with van der Waals surface area (Å²) in [6.45, 7) is 11.5. The van der Waals surface area contributed by atoms with Gasteiger partial charge in [-0.2, -0.15) is 0 Å². The van der Waals surface area contributed by atoms with Gasteiger partial charge in [0.1, 0.15) is 19.3 Å². The number of ether oxygens (including phenoxy) is 4. The molecule has 0 spiro atoms. The summed E-state index contributed by atoms with van der Waals surface area (Å²) < 4.78 is 67.9. The van der Waals surface area contributed by atoms with Crippen LogP contribution < -0.4 is 0 Å². The number of phosphoric ester groups is 2.